The first kappa shape index (κ1) is 42.5. The van der Waals surface area contributed by atoms with E-state index in [0.717, 1.165) is 28.7 Å². The van der Waals surface area contributed by atoms with Crippen LogP contribution in [0.2, 0.25) is 0 Å². The standard InChI is InChI=1S/C19H25N5O3S.C19H23N5O2S/c1-11-8-12(2)14(18(26)27)9-13(11)15-10-17(24-19(21)23-15)28-7-4-16(25)22-6-3-5-20;1-11-8-12(2)14-9-13(11)15-10-17(24-19(20)23-15)27-7-4-16(25)21-5-3-6-22-18(14)26/h8-10H,3-7,20H2,1-2H3,(H,22,25)(H,26,27)(H2,21,23,24);8-10H,3-7H2,1-2H3,(H,21,25)(H,22,26)(H2,20,23,24). The maximum absolute atomic E-state index is 12.6. The SMILES string of the molecule is Cc1cc(C)c(-c2cc(SCCC(=O)NCCCN)nc(N)n2)cc1C(=O)O.Cc1cc(C)c2cc1C(=O)NCCCNC(=O)CCSc1cc-2nc(N)n1. The lowest BCUT2D eigenvalue weighted by molar-refractivity contribution is -0.121. The molecule has 0 radical (unpaired) electrons. The molecule has 2 aromatic carbocycles. The molecule has 3 amide bonds. The Kier molecular flexibility index (Phi) is 15.8. The zero-order chi connectivity index (χ0) is 40.1. The van der Waals surface area contributed by atoms with Gasteiger partial charge in [0.1, 0.15) is 10.1 Å². The average Bonchev–Trinajstić information content (AvgIpc) is 3.11. The number of carbonyl (C=O) groups is 4. The third-order valence-electron chi connectivity index (χ3n) is 8.43. The first-order valence-corrected chi connectivity index (χ1v) is 19.8. The van der Waals surface area contributed by atoms with Crippen LogP contribution in [-0.2, 0) is 9.59 Å². The Morgan fingerprint density at radius 1 is 0.836 bits per heavy atom. The van der Waals surface area contributed by atoms with Crippen LogP contribution in [0.1, 0.15) is 68.7 Å². The summed E-state index contributed by atoms with van der Waals surface area (Å²) in [5, 5.41) is 19.3. The lowest BCUT2D eigenvalue weighted by Crippen LogP contribution is -2.30. The highest BCUT2D eigenvalue weighted by Crippen LogP contribution is 2.30. The number of thioether (sulfide) groups is 2. The van der Waals surface area contributed by atoms with Gasteiger partial charge in [0.05, 0.1) is 17.0 Å². The second-order valence-electron chi connectivity index (χ2n) is 12.8. The Balaban J connectivity index is 0.000000245. The number of nitrogen functional groups attached to an aromatic ring is 2. The van der Waals surface area contributed by atoms with Crippen molar-refractivity contribution in [3.63, 3.8) is 0 Å². The fraction of sp³-hybridized carbons (Fsp3) is 0.368. The van der Waals surface area contributed by atoms with E-state index in [1.807, 2.05) is 45.0 Å². The number of carbonyl (C=O) groups excluding carboxylic acids is 3. The summed E-state index contributed by atoms with van der Waals surface area (Å²) in [4.78, 5) is 64.8. The topological polar surface area (TPSA) is 254 Å². The fourth-order valence-electron chi connectivity index (χ4n) is 5.66. The van der Waals surface area contributed by atoms with Crippen molar-refractivity contribution >= 4 is 59.1 Å². The molecule has 0 fully saturated rings. The second kappa shape index (κ2) is 20.4. The lowest BCUT2D eigenvalue weighted by Gasteiger charge is -2.14. The second-order valence-corrected chi connectivity index (χ2v) is 15.0. The monoisotopic (exact) mass is 788 g/mol. The van der Waals surface area contributed by atoms with Crippen molar-refractivity contribution in [1.82, 2.24) is 35.9 Å². The predicted octanol–water partition coefficient (Wildman–Crippen LogP) is 4.06. The van der Waals surface area contributed by atoms with Crippen LogP contribution in [0.3, 0.4) is 0 Å². The Bertz CT molecular complexity index is 2050. The summed E-state index contributed by atoms with van der Waals surface area (Å²) in [5.74, 6) is 0.244. The molecule has 3 heterocycles. The third kappa shape index (κ3) is 12.7. The molecule has 0 spiro atoms. The molecule has 55 heavy (non-hydrogen) atoms. The van der Waals surface area contributed by atoms with Gasteiger partial charge in [-0.3, -0.25) is 14.4 Å². The largest absolute Gasteiger partial charge is 0.478 e. The maximum atomic E-state index is 12.6. The number of aryl methyl sites for hydroxylation is 4. The number of amides is 3. The molecule has 2 aromatic heterocycles. The molecular weight excluding hydrogens is 741 g/mol. The minimum Gasteiger partial charge on any atom is -0.478 e. The van der Waals surface area contributed by atoms with Gasteiger partial charge in [-0.25, -0.2) is 24.7 Å². The van der Waals surface area contributed by atoms with E-state index in [9.17, 15) is 24.3 Å². The number of nitrogens with one attached hydrogen (secondary N) is 3. The maximum Gasteiger partial charge on any atom is 0.335 e. The molecule has 0 saturated carbocycles. The van der Waals surface area contributed by atoms with Crippen molar-refractivity contribution in [2.75, 3.05) is 49.2 Å². The Morgan fingerprint density at radius 2 is 1.47 bits per heavy atom. The number of carboxylic acids is 1. The minimum absolute atomic E-state index is 0.0138. The normalized spacial score (nSPS) is 13.2. The van der Waals surface area contributed by atoms with Crippen molar-refractivity contribution in [2.24, 2.45) is 5.73 Å². The number of anilines is 2. The Labute approximate surface area is 328 Å². The summed E-state index contributed by atoms with van der Waals surface area (Å²) in [6.45, 7) is 9.70. The molecule has 10 N–H and O–H groups in total. The number of hydrogen-bond acceptors (Lipinski definition) is 13. The van der Waals surface area contributed by atoms with Gasteiger partial charge >= 0.3 is 5.97 Å². The number of nitrogens with zero attached hydrogens (tertiary/aromatic N) is 4. The number of aromatic nitrogens is 4. The van der Waals surface area contributed by atoms with Gasteiger partial charge in [0.2, 0.25) is 23.7 Å². The van der Waals surface area contributed by atoms with Crippen LogP contribution in [-0.4, -0.2) is 86.4 Å². The molecule has 5 rings (SSSR count). The highest BCUT2D eigenvalue weighted by molar-refractivity contribution is 7.99. The average molecular weight is 789 g/mol. The molecular formula is C38H48N10O5S2. The quantitative estimate of drug-likeness (QED) is 0.0718. The van der Waals surface area contributed by atoms with Gasteiger partial charge in [-0.15, -0.1) is 23.5 Å². The van der Waals surface area contributed by atoms with Crippen LogP contribution < -0.4 is 33.2 Å². The van der Waals surface area contributed by atoms with Crippen LogP contribution in [0.5, 0.6) is 0 Å². The number of fused-ring (bicyclic) bond motifs is 5. The number of hydrogen-bond donors (Lipinski definition) is 7. The summed E-state index contributed by atoms with van der Waals surface area (Å²) in [7, 11) is 0. The van der Waals surface area contributed by atoms with Crippen LogP contribution in [0.25, 0.3) is 22.5 Å². The summed E-state index contributed by atoms with van der Waals surface area (Å²) in [5.41, 5.74) is 24.2. The molecule has 1 aliphatic heterocycles. The van der Waals surface area contributed by atoms with Crippen molar-refractivity contribution in [1.29, 1.82) is 0 Å². The number of aromatic carboxylic acids is 1. The van der Waals surface area contributed by atoms with Crippen LogP contribution in [0.4, 0.5) is 11.9 Å². The molecule has 0 unspecified atom stereocenters. The molecule has 292 valence electrons. The molecule has 1 aliphatic rings. The summed E-state index contributed by atoms with van der Waals surface area (Å²) < 4.78 is 0. The molecule has 0 atom stereocenters. The van der Waals surface area contributed by atoms with Gasteiger partial charge in [0, 0.05) is 60.7 Å². The van der Waals surface area contributed by atoms with Gasteiger partial charge in [-0.1, -0.05) is 12.1 Å². The zero-order valence-corrected chi connectivity index (χ0v) is 33.1. The number of nitrogens with two attached hydrogens (primary N) is 3. The van der Waals surface area contributed by atoms with Gasteiger partial charge in [0.15, 0.2) is 0 Å². The van der Waals surface area contributed by atoms with Gasteiger partial charge in [-0.05, 0) is 93.6 Å². The van der Waals surface area contributed by atoms with Crippen molar-refractivity contribution in [3.8, 4) is 22.5 Å². The first-order valence-electron chi connectivity index (χ1n) is 17.8. The summed E-state index contributed by atoms with van der Waals surface area (Å²) in [6.07, 6.45) is 2.17. The van der Waals surface area contributed by atoms with E-state index in [1.165, 1.54) is 23.5 Å². The van der Waals surface area contributed by atoms with E-state index >= 15 is 0 Å². The summed E-state index contributed by atoms with van der Waals surface area (Å²) >= 11 is 2.86. The van der Waals surface area contributed by atoms with Gasteiger partial charge < -0.3 is 38.3 Å². The molecule has 17 heteroatoms. The van der Waals surface area contributed by atoms with E-state index in [0.29, 0.717) is 95.1 Å². The highest BCUT2D eigenvalue weighted by atomic mass is 32.2. The Hall–Kier alpha value is -5.26. The third-order valence-corrected chi connectivity index (χ3v) is 10.3. The van der Waals surface area contributed by atoms with Crippen molar-refractivity contribution in [3.05, 3.63) is 69.8 Å². The fourth-order valence-corrected chi connectivity index (χ4v) is 7.36. The number of carboxylic acid groups (broad SMARTS) is 1. The van der Waals surface area contributed by atoms with Crippen LogP contribution in [0, 0.1) is 27.7 Å². The van der Waals surface area contributed by atoms with E-state index < -0.39 is 5.97 Å². The number of rotatable bonds is 9. The van der Waals surface area contributed by atoms with E-state index in [-0.39, 0.29) is 35.2 Å². The molecule has 4 aromatic rings. The Morgan fingerprint density at radius 3 is 2.18 bits per heavy atom. The summed E-state index contributed by atoms with van der Waals surface area (Å²) in [6, 6.07) is 10.9. The van der Waals surface area contributed by atoms with Crippen molar-refractivity contribution < 1.29 is 24.3 Å². The van der Waals surface area contributed by atoms with Gasteiger partial charge in [0.25, 0.3) is 5.91 Å². The minimum atomic E-state index is -0.990. The first-order chi connectivity index (χ1) is 26.2. The van der Waals surface area contributed by atoms with Crippen molar-refractivity contribution in [2.45, 2.75) is 63.4 Å². The van der Waals surface area contributed by atoms with E-state index in [4.69, 9.17) is 17.2 Å². The molecule has 0 saturated heterocycles. The number of benzene rings is 2. The van der Waals surface area contributed by atoms with Crippen LogP contribution >= 0.6 is 23.5 Å². The van der Waals surface area contributed by atoms with Crippen LogP contribution in [0.15, 0.2) is 46.5 Å². The smallest absolute Gasteiger partial charge is 0.335 e. The molecule has 4 bridgehead atoms. The lowest BCUT2D eigenvalue weighted by atomic mass is 9.97. The van der Waals surface area contributed by atoms with Gasteiger partial charge in [-0.2, -0.15) is 0 Å². The van der Waals surface area contributed by atoms with E-state index in [2.05, 4.69) is 35.9 Å². The van der Waals surface area contributed by atoms with E-state index in [1.54, 1.807) is 19.1 Å². The zero-order valence-electron chi connectivity index (χ0n) is 31.5. The highest BCUT2D eigenvalue weighted by Gasteiger charge is 2.17. The molecule has 15 nitrogen and oxygen atoms in total. The predicted molar refractivity (Wildman–Crippen MR) is 217 cm³/mol. The molecule has 0 aliphatic carbocycles.